The minimum absolute atomic E-state index is 0.122. The van der Waals surface area contributed by atoms with Crippen molar-refractivity contribution in [1.29, 1.82) is 5.41 Å². The zero-order valence-electron chi connectivity index (χ0n) is 24.9. The van der Waals surface area contributed by atoms with E-state index in [-0.39, 0.29) is 35.3 Å². The van der Waals surface area contributed by atoms with Gasteiger partial charge in [0.2, 0.25) is 0 Å². The van der Waals surface area contributed by atoms with Crippen LogP contribution >= 0.6 is 0 Å². The number of esters is 1. The quantitative estimate of drug-likeness (QED) is 0.0412. The van der Waals surface area contributed by atoms with E-state index in [0.29, 0.717) is 5.75 Å². The lowest BCUT2D eigenvalue weighted by Gasteiger charge is -2.23. The Morgan fingerprint density at radius 1 is 1.04 bits per heavy atom. The molecule has 3 aromatic carbocycles. The number of carbonyl (C=O) groups excluding carboxylic acids is 2. The molecule has 3 rings (SSSR count). The highest BCUT2D eigenvalue weighted by Crippen LogP contribution is 2.34. The minimum atomic E-state index is -5.39. The maximum absolute atomic E-state index is 13.6. The van der Waals surface area contributed by atoms with E-state index in [4.69, 9.17) is 20.6 Å². The average molecular weight is 683 g/mol. The number of nitrogens with one attached hydrogen (secondary N) is 4. The first kappa shape index (κ1) is 36.0. The largest absolute Gasteiger partial charge is 0.491 e. The van der Waals surface area contributed by atoms with E-state index in [1.807, 2.05) is 5.43 Å². The monoisotopic (exact) mass is 682 g/mol. The summed E-state index contributed by atoms with van der Waals surface area (Å²) in [7, 11) is -4.70. The SMILES string of the molecule is CCOc1cc(C(Nc2ccc(C(=N)N)c(OC(=O)C(F)(F)F)c2)C(=O)NNS(=O)(=O)c2ccccc2[N+](=O)[O-])ccc1OC(C)C. The van der Waals surface area contributed by atoms with Gasteiger partial charge in [0.15, 0.2) is 16.4 Å². The van der Waals surface area contributed by atoms with Crippen LogP contribution in [0.25, 0.3) is 0 Å². The highest BCUT2D eigenvalue weighted by Gasteiger charge is 2.42. The number of alkyl halides is 3. The Bertz CT molecular complexity index is 1790. The summed E-state index contributed by atoms with van der Waals surface area (Å²) in [6.07, 6.45) is -5.66. The molecule has 0 bridgehead atoms. The van der Waals surface area contributed by atoms with Crippen molar-refractivity contribution in [2.45, 2.75) is 44.0 Å². The summed E-state index contributed by atoms with van der Waals surface area (Å²) in [5.41, 5.74) is 6.26. The van der Waals surface area contributed by atoms with Crippen LogP contribution in [0.5, 0.6) is 17.2 Å². The molecule has 0 fully saturated rings. The van der Waals surface area contributed by atoms with Crippen LogP contribution in [0.2, 0.25) is 0 Å². The van der Waals surface area contributed by atoms with Gasteiger partial charge in [0, 0.05) is 17.8 Å². The van der Waals surface area contributed by atoms with E-state index < -0.39 is 61.2 Å². The molecular formula is C28H29F3N6O9S. The van der Waals surface area contributed by atoms with E-state index in [9.17, 15) is 41.3 Å². The van der Waals surface area contributed by atoms with Crippen molar-refractivity contribution in [2.24, 2.45) is 5.73 Å². The van der Waals surface area contributed by atoms with Crippen LogP contribution in [0.1, 0.15) is 37.9 Å². The molecule has 15 nitrogen and oxygen atoms in total. The minimum Gasteiger partial charge on any atom is -0.490 e. The number of nitro benzene ring substituents is 1. The molecule has 0 spiro atoms. The average Bonchev–Trinajstić information content (AvgIpc) is 2.99. The molecule has 252 valence electrons. The third-order valence-electron chi connectivity index (χ3n) is 5.90. The summed E-state index contributed by atoms with van der Waals surface area (Å²) in [5.74, 6) is -4.71. The summed E-state index contributed by atoms with van der Waals surface area (Å²) >= 11 is 0. The third-order valence-corrected chi connectivity index (χ3v) is 7.20. The summed E-state index contributed by atoms with van der Waals surface area (Å²) in [5, 5.41) is 21.7. The summed E-state index contributed by atoms with van der Waals surface area (Å²) in [6, 6.07) is 10.2. The fourth-order valence-corrected chi connectivity index (χ4v) is 4.97. The third kappa shape index (κ3) is 9.30. The number of hydrazine groups is 1. The topological polar surface area (TPSA) is 225 Å². The van der Waals surface area contributed by atoms with Gasteiger partial charge in [-0.25, -0.2) is 13.2 Å². The van der Waals surface area contributed by atoms with Crippen LogP contribution in [-0.4, -0.2) is 49.9 Å². The number of anilines is 1. The molecule has 0 aromatic heterocycles. The van der Waals surface area contributed by atoms with Gasteiger partial charge >= 0.3 is 12.1 Å². The Hall–Kier alpha value is -5.43. The van der Waals surface area contributed by atoms with Gasteiger partial charge < -0.3 is 25.3 Å². The Morgan fingerprint density at radius 3 is 2.32 bits per heavy atom. The molecule has 6 N–H and O–H groups in total. The van der Waals surface area contributed by atoms with Gasteiger partial charge in [-0.1, -0.05) is 18.2 Å². The first-order valence-electron chi connectivity index (χ1n) is 13.5. The van der Waals surface area contributed by atoms with Crippen LogP contribution in [0.3, 0.4) is 0 Å². The van der Waals surface area contributed by atoms with Crippen molar-refractivity contribution < 1.29 is 50.3 Å². The number of nitrogens with two attached hydrogens (primary N) is 1. The molecule has 0 heterocycles. The number of hydrogen-bond acceptors (Lipinski definition) is 11. The maximum Gasteiger partial charge on any atom is 0.491 e. The molecule has 3 aromatic rings. The number of hydrogen-bond donors (Lipinski definition) is 5. The molecule has 0 aliphatic rings. The van der Waals surface area contributed by atoms with Crippen LogP contribution in [0, 0.1) is 15.5 Å². The first-order chi connectivity index (χ1) is 21.9. The lowest BCUT2D eigenvalue weighted by molar-refractivity contribution is -0.387. The fraction of sp³-hybridized carbons (Fsp3) is 0.250. The molecule has 19 heteroatoms. The van der Waals surface area contributed by atoms with Crippen molar-refractivity contribution >= 4 is 39.1 Å². The van der Waals surface area contributed by atoms with Gasteiger partial charge in [-0.2, -0.15) is 13.2 Å². The van der Waals surface area contributed by atoms with E-state index in [0.717, 1.165) is 24.3 Å². The molecule has 0 saturated heterocycles. The smallest absolute Gasteiger partial charge is 0.490 e. The standard InChI is InChI=1S/C28H29F3N6O9S/c1-4-44-22-13-16(9-12-20(22)45-15(2)3)24(26(38)35-36-47(42,43)23-8-6-5-7-19(23)37(40)41)34-17-10-11-18(25(32)33)21(14-17)46-27(39)28(29,30)31/h5-15,24,34,36H,4H2,1-3H3,(H3,32,33)(H,35,38). The summed E-state index contributed by atoms with van der Waals surface area (Å²) in [6.45, 7) is 5.39. The molecule has 1 atom stereocenters. The van der Waals surface area contributed by atoms with Crippen molar-refractivity contribution in [1.82, 2.24) is 10.3 Å². The molecule has 47 heavy (non-hydrogen) atoms. The van der Waals surface area contributed by atoms with Crippen LogP contribution in [0.15, 0.2) is 65.6 Å². The number of sulfonamides is 1. The molecule has 0 radical (unpaired) electrons. The lowest BCUT2D eigenvalue weighted by Crippen LogP contribution is -2.45. The van der Waals surface area contributed by atoms with Crippen LogP contribution in [-0.2, 0) is 19.6 Å². The fourth-order valence-electron chi connectivity index (χ4n) is 3.95. The number of amides is 1. The molecule has 1 unspecified atom stereocenters. The Labute approximate surface area is 265 Å². The predicted octanol–water partition coefficient (Wildman–Crippen LogP) is 3.70. The summed E-state index contributed by atoms with van der Waals surface area (Å²) in [4.78, 5) is 36.6. The number of nitrogens with zero attached hydrogens (tertiary/aromatic N) is 1. The van der Waals surface area contributed by atoms with Crippen molar-refractivity contribution in [3.8, 4) is 17.2 Å². The van der Waals surface area contributed by atoms with E-state index in [1.165, 1.54) is 36.4 Å². The van der Waals surface area contributed by atoms with E-state index in [1.54, 1.807) is 25.6 Å². The second-order valence-corrected chi connectivity index (χ2v) is 11.4. The van der Waals surface area contributed by atoms with Gasteiger partial charge in [-0.3, -0.25) is 25.7 Å². The lowest BCUT2D eigenvalue weighted by atomic mass is 10.0. The van der Waals surface area contributed by atoms with Crippen LogP contribution < -0.4 is 35.5 Å². The second kappa shape index (κ2) is 14.8. The predicted molar refractivity (Wildman–Crippen MR) is 160 cm³/mol. The van der Waals surface area contributed by atoms with Gasteiger partial charge in [0.25, 0.3) is 21.6 Å². The Balaban J connectivity index is 2.06. The van der Waals surface area contributed by atoms with Gasteiger partial charge in [-0.15, -0.1) is 4.83 Å². The van der Waals surface area contributed by atoms with Gasteiger partial charge in [0.1, 0.15) is 17.6 Å². The van der Waals surface area contributed by atoms with E-state index >= 15 is 0 Å². The number of para-hydroxylation sites is 1. The number of nitro groups is 1. The first-order valence-corrected chi connectivity index (χ1v) is 14.9. The molecule has 1 amide bonds. The number of nitrogen functional groups attached to an aromatic ring is 1. The zero-order valence-corrected chi connectivity index (χ0v) is 25.7. The number of carbonyl (C=O) groups is 2. The maximum atomic E-state index is 13.6. The summed E-state index contributed by atoms with van der Waals surface area (Å²) < 4.78 is 80.5. The molecule has 0 aliphatic heterocycles. The molecule has 0 aliphatic carbocycles. The highest BCUT2D eigenvalue weighted by molar-refractivity contribution is 7.89. The van der Waals surface area contributed by atoms with Crippen molar-refractivity contribution in [2.75, 3.05) is 11.9 Å². The van der Waals surface area contributed by atoms with Crippen LogP contribution in [0.4, 0.5) is 24.5 Å². The molecule has 0 saturated carbocycles. The Kier molecular flexibility index (Phi) is 11.3. The Morgan fingerprint density at radius 2 is 1.72 bits per heavy atom. The highest BCUT2D eigenvalue weighted by atomic mass is 32.2. The van der Waals surface area contributed by atoms with Crippen molar-refractivity contribution in [3.05, 3.63) is 81.9 Å². The number of amidine groups is 1. The van der Waals surface area contributed by atoms with Crippen molar-refractivity contribution in [3.63, 3.8) is 0 Å². The number of halogens is 3. The number of ether oxygens (including phenoxy) is 3. The normalized spacial score (nSPS) is 12.1. The number of benzene rings is 3. The zero-order chi connectivity index (χ0) is 35.1. The molecular weight excluding hydrogens is 653 g/mol. The van der Waals surface area contributed by atoms with Gasteiger partial charge in [0.05, 0.1) is 23.2 Å². The van der Waals surface area contributed by atoms with Gasteiger partial charge in [-0.05, 0) is 56.7 Å². The van der Waals surface area contributed by atoms with E-state index in [2.05, 4.69) is 10.1 Å². The number of rotatable bonds is 14. The second-order valence-electron chi connectivity index (χ2n) is 9.71.